The third-order valence-corrected chi connectivity index (χ3v) is 6.85. The number of halogens is 1. The molecule has 4 rings (SSSR count). The fourth-order valence-corrected chi connectivity index (χ4v) is 5.14. The second kappa shape index (κ2) is 9.25. The van der Waals surface area contributed by atoms with Gasteiger partial charge in [0, 0.05) is 16.1 Å². The third-order valence-electron chi connectivity index (χ3n) is 6.61. The van der Waals surface area contributed by atoms with Crippen LogP contribution in [0.25, 0.3) is 11.1 Å². The molecule has 1 atom stereocenters. The van der Waals surface area contributed by atoms with E-state index in [-0.39, 0.29) is 17.5 Å². The van der Waals surface area contributed by atoms with E-state index in [2.05, 4.69) is 36.4 Å². The molecule has 1 fully saturated rings. The Balaban J connectivity index is 1.73. The summed E-state index contributed by atoms with van der Waals surface area (Å²) in [7, 11) is 4.26. The van der Waals surface area contributed by atoms with E-state index >= 15 is 0 Å². The van der Waals surface area contributed by atoms with Gasteiger partial charge in [0.05, 0.1) is 6.04 Å². The average Bonchev–Trinajstić information content (AvgIpc) is 3.29. The van der Waals surface area contributed by atoms with Crippen LogP contribution >= 0.6 is 11.6 Å². The second-order valence-electron chi connectivity index (χ2n) is 8.58. The Kier molecular flexibility index (Phi) is 6.45. The lowest BCUT2D eigenvalue weighted by Gasteiger charge is -2.44. The summed E-state index contributed by atoms with van der Waals surface area (Å²) in [6, 6.07) is 25.7. The monoisotopic (exact) mass is 432 g/mol. The van der Waals surface area contributed by atoms with E-state index in [1.165, 1.54) is 12.8 Å². The number of likely N-dealkylation sites (N-methyl/N-ethyl adjacent to an activating group) is 1. The first kappa shape index (κ1) is 21.6. The second-order valence-corrected chi connectivity index (χ2v) is 9.01. The van der Waals surface area contributed by atoms with Gasteiger partial charge < -0.3 is 10.2 Å². The summed E-state index contributed by atoms with van der Waals surface area (Å²) in [4.78, 5) is 16.0. The van der Waals surface area contributed by atoms with Crippen molar-refractivity contribution >= 4 is 17.5 Å². The van der Waals surface area contributed by atoms with Gasteiger partial charge in [-0.1, -0.05) is 85.1 Å². The number of carbonyl (C=O) groups excluding carboxylic acids is 1. The lowest BCUT2D eigenvalue weighted by Crippen LogP contribution is -2.53. The van der Waals surface area contributed by atoms with Crippen LogP contribution in [-0.4, -0.2) is 30.4 Å². The van der Waals surface area contributed by atoms with Crippen molar-refractivity contribution in [2.45, 2.75) is 37.3 Å². The van der Waals surface area contributed by atoms with Crippen molar-refractivity contribution in [3.8, 4) is 11.1 Å². The van der Waals surface area contributed by atoms with E-state index in [4.69, 9.17) is 11.6 Å². The van der Waals surface area contributed by atoms with Crippen molar-refractivity contribution in [3.63, 3.8) is 0 Å². The van der Waals surface area contributed by atoms with Gasteiger partial charge >= 0.3 is 0 Å². The van der Waals surface area contributed by atoms with Crippen LogP contribution in [0.3, 0.4) is 0 Å². The molecule has 4 heteroatoms. The number of carbonyl (C=O) groups is 1. The van der Waals surface area contributed by atoms with Gasteiger partial charge in [-0.15, -0.1) is 0 Å². The van der Waals surface area contributed by atoms with Crippen LogP contribution in [0, 0.1) is 0 Å². The standard InChI is InChI=1S/C27H29ClN2O/c1-30(2)27(17-8-9-18-27)25(20-11-4-3-5-12-20)29-26(31)24-16-7-6-15-23(24)21-13-10-14-22(28)19-21/h3-7,10-16,19,25H,8-9,17-18H2,1-2H3,(H,29,31). The van der Waals surface area contributed by atoms with Crippen LogP contribution in [-0.2, 0) is 0 Å². The summed E-state index contributed by atoms with van der Waals surface area (Å²) >= 11 is 6.22. The third kappa shape index (κ3) is 4.39. The minimum absolute atomic E-state index is 0.0578. The lowest BCUT2D eigenvalue weighted by atomic mass is 9.82. The maximum atomic E-state index is 13.7. The van der Waals surface area contributed by atoms with Crippen LogP contribution in [0.4, 0.5) is 0 Å². The van der Waals surface area contributed by atoms with E-state index in [0.29, 0.717) is 10.6 Å². The van der Waals surface area contributed by atoms with Gasteiger partial charge in [-0.2, -0.15) is 0 Å². The highest BCUT2D eigenvalue weighted by Crippen LogP contribution is 2.43. The summed E-state index contributed by atoms with van der Waals surface area (Å²) in [6.45, 7) is 0. The molecule has 0 spiro atoms. The molecule has 3 aromatic rings. The van der Waals surface area contributed by atoms with Crippen molar-refractivity contribution in [2.24, 2.45) is 0 Å². The van der Waals surface area contributed by atoms with Gasteiger partial charge in [-0.05, 0) is 61.8 Å². The van der Waals surface area contributed by atoms with Gasteiger partial charge in [-0.3, -0.25) is 4.79 Å². The molecule has 1 aliphatic rings. The van der Waals surface area contributed by atoms with Crippen LogP contribution in [0.1, 0.15) is 47.6 Å². The van der Waals surface area contributed by atoms with E-state index in [1.54, 1.807) is 0 Å². The van der Waals surface area contributed by atoms with E-state index in [1.807, 2.05) is 66.7 Å². The Bertz CT molecular complexity index is 1040. The van der Waals surface area contributed by atoms with Gasteiger partial charge in [0.2, 0.25) is 0 Å². The van der Waals surface area contributed by atoms with Crippen LogP contribution in [0.15, 0.2) is 78.9 Å². The molecule has 1 amide bonds. The summed E-state index contributed by atoms with van der Waals surface area (Å²) < 4.78 is 0. The first-order valence-corrected chi connectivity index (χ1v) is 11.3. The molecule has 0 heterocycles. The molecule has 1 saturated carbocycles. The number of nitrogens with zero attached hydrogens (tertiary/aromatic N) is 1. The molecule has 3 nitrogen and oxygen atoms in total. The fraction of sp³-hybridized carbons (Fsp3) is 0.296. The molecule has 0 aliphatic heterocycles. The minimum Gasteiger partial charge on any atom is -0.343 e. The summed E-state index contributed by atoms with van der Waals surface area (Å²) in [5.74, 6) is -0.0578. The summed E-state index contributed by atoms with van der Waals surface area (Å²) in [6.07, 6.45) is 4.48. The summed E-state index contributed by atoms with van der Waals surface area (Å²) in [5.41, 5.74) is 3.55. The van der Waals surface area contributed by atoms with Crippen molar-refractivity contribution < 1.29 is 4.79 Å². The molecule has 1 N–H and O–H groups in total. The zero-order valence-electron chi connectivity index (χ0n) is 18.1. The predicted octanol–water partition coefficient (Wildman–Crippen LogP) is 6.35. The number of hydrogen-bond acceptors (Lipinski definition) is 2. The molecule has 0 saturated heterocycles. The van der Waals surface area contributed by atoms with Crippen molar-refractivity contribution in [1.29, 1.82) is 0 Å². The molecular weight excluding hydrogens is 404 g/mol. The Hall–Kier alpha value is -2.62. The number of amides is 1. The molecule has 3 aromatic carbocycles. The maximum Gasteiger partial charge on any atom is 0.252 e. The van der Waals surface area contributed by atoms with Crippen molar-refractivity contribution in [2.75, 3.05) is 14.1 Å². The molecule has 0 radical (unpaired) electrons. The van der Waals surface area contributed by atoms with Gasteiger partial charge in [0.1, 0.15) is 0 Å². The lowest BCUT2D eigenvalue weighted by molar-refractivity contribution is 0.0767. The van der Waals surface area contributed by atoms with Gasteiger partial charge in [0.25, 0.3) is 5.91 Å². The number of hydrogen-bond donors (Lipinski definition) is 1. The molecule has 1 unspecified atom stereocenters. The Morgan fingerprint density at radius 1 is 0.935 bits per heavy atom. The molecule has 0 bridgehead atoms. The zero-order chi connectivity index (χ0) is 21.8. The largest absolute Gasteiger partial charge is 0.343 e. The molecule has 0 aromatic heterocycles. The zero-order valence-corrected chi connectivity index (χ0v) is 18.9. The molecule has 31 heavy (non-hydrogen) atoms. The average molecular weight is 433 g/mol. The normalized spacial score (nSPS) is 16.3. The highest BCUT2D eigenvalue weighted by molar-refractivity contribution is 6.30. The minimum atomic E-state index is -0.0952. The smallest absolute Gasteiger partial charge is 0.252 e. The van der Waals surface area contributed by atoms with Crippen LogP contribution in [0.5, 0.6) is 0 Å². The first-order chi connectivity index (χ1) is 15.0. The predicted molar refractivity (Wildman–Crippen MR) is 128 cm³/mol. The Labute approximate surface area is 190 Å². The number of benzene rings is 3. The maximum absolute atomic E-state index is 13.7. The number of rotatable bonds is 6. The van der Waals surface area contributed by atoms with E-state index < -0.39 is 0 Å². The Morgan fingerprint density at radius 3 is 2.29 bits per heavy atom. The molecule has 1 aliphatic carbocycles. The van der Waals surface area contributed by atoms with Gasteiger partial charge in [0.15, 0.2) is 0 Å². The Morgan fingerprint density at radius 2 is 1.61 bits per heavy atom. The van der Waals surface area contributed by atoms with Crippen LogP contribution in [0.2, 0.25) is 5.02 Å². The first-order valence-electron chi connectivity index (χ1n) is 10.9. The fourth-order valence-electron chi connectivity index (χ4n) is 4.95. The molecular formula is C27H29ClN2O. The van der Waals surface area contributed by atoms with Crippen molar-refractivity contribution in [1.82, 2.24) is 10.2 Å². The topological polar surface area (TPSA) is 32.3 Å². The van der Waals surface area contributed by atoms with Gasteiger partial charge in [-0.25, -0.2) is 0 Å². The highest BCUT2D eigenvalue weighted by Gasteiger charge is 2.44. The van der Waals surface area contributed by atoms with E-state index in [0.717, 1.165) is 29.5 Å². The summed E-state index contributed by atoms with van der Waals surface area (Å²) in [5, 5.41) is 4.08. The highest BCUT2D eigenvalue weighted by atomic mass is 35.5. The molecule has 160 valence electrons. The van der Waals surface area contributed by atoms with E-state index in [9.17, 15) is 4.79 Å². The van der Waals surface area contributed by atoms with Crippen molar-refractivity contribution in [3.05, 3.63) is 95.0 Å². The van der Waals surface area contributed by atoms with Crippen LogP contribution < -0.4 is 5.32 Å². The quantitative estimate of drug-likeness (QED) is 0.492. The SMILES string of the molecule is CN(C)C1(C(NC(=O)c2ccccc2-c2cccc(Cl)c2)c2ccccc2)CCCC1. The number of nitrogens with one attached hydrogen (secondary N) is 1.